The van der Waals surface area contributed by atoms with Gasteiger partial charge in [-0.25, -0.2) is 14.3 Å². The minimum absolute atomic E-state index is 0.443. The lowest BCUT2D eigenvalue weighted by Gasteiger charge is -2.28. The molecule has 0 bridgehead atoms. The van der Waals surface area contributed by atoms with E-state index in [1.165, 1.54) is 0 Å². The van der Waals surface area contributed by atoms with Crippen LogP contribution < -0.4 is 9.47 Å². The van der Waals surface area contributed by atoms with Crippen molar-refractivity contribution in [1.82, 2.24) is 14.6 Å². The van der Waals surface area contributed by atoms with E-state index >= 15 is 0 Å². The number of nitrogens with zero attached hydrogens (tertiary/aromatic N) is 3. The predicted molar refractivity (Wildman–Crippen MR) is 131 cm³/mol. The van der Waals surface area contributed by atoms with E-state index in [2.05, 4.69) is 0 Å². The molecule has 180 valence electrons. The number of hydrogen-bond acceptors (Lipinski definition) is 6. The fourth-order valence-corrected chi connectivity index (χ4v) is 4.25. The molecule has 1 aliphatic rings. The number of carboxylic acids is 1. The van der Waals surface area contributed by atoms with Gasteiger partial charge in [0.2, 0.25) is 0 Å². The number of hydrogen-bond donors (Lipinski definition) is 1. The highest BCUT2D eigenvalue weighted by molar-refractivity contribution is 5.81. The highest BCUT2D eigenvalue weighted by Crippen LogP contribution is 2.40. The Bertz CT molecular complexity index is 1410. The maximum Gasteiger partial charge on any atom is 0.337 e. The summed E-state index contributed by atoms with van der Waals surface area (Å²) in [6, 6.07) is 17.2. The molecule has 8 heteroatoms. The maximum absolute atomic E-state index is 12.5. The molecule has 2 aromatic heterocycles. The molecular weight excluding hydrogens is 446 g/mol. The van der Waals surface area contributed by atoms with E-state index in [4.69, 9.17) is 24.3 Å². The fourth-order valence-electron chi connectivity index (χ4n) is 4.25. The van der Waals surface area contributed by atoms with Gasteiger partial charge in [0, 0.05) is 28.5 Å². The van der Waals surface area contributed by atoms with Gasteiger partial charge in [-0.3, -0.25) is 0 Å². The van der Waals surface area contributed by atoms with E-state index in [9.17, 15) is 9.90 Å². The second-order valence-corrected chi connectivity index (χ2v) is 9.43. The molecule has 3 heterocycles. The molecule has 35 heavy (non-hydrogen) atoms. The third-order valence-corrected chi connectivity index (χ3v) is 5.67. The Labute approximate surface area is 203 Å². The van der Waals surface area contributed by atoms with Crippen LogP contribution in [-0.4, -0.2) is 44.5 Å². The summed E-state index contributed by atoms with van der Waals surface area (Å²) < 4.78 is 19.2. The van der Waals surface area contributed by atoms with Gasteiger partial charge in [-0.15, -0.1) is 0 Å². The summed E-state index contributed by atoms with van der Waals surface area (Å²) in [6.07, 6.45) is -1.25. The highest BCUT2D eigenvalue weighted by atomic mass is 16.6. The molecule has 5 rings (SSSR count). The van der Waals surface area contributed by atoms with Crippen LogP contribution in [0, 0.1) is 6.92 Å². The lowest BCUT2D eigenvalue weighted by Crippen LogP contribution is -2.29. The smallest absolute Gasteiger partial charge is 0.337 e. The number of carboxylic acid groups (broad SMARTS) is 1. The number of rotatable bonds is 5. The van der Waals surface area contributed by atoms with Crippen LogP contribution in [-0.2, 0) is 9.53 Å². The number of aryl methyl sites for hydroxylation is 1. The number of benzene rings is 2. The van der Waals surface area contributed by atoms with Crippen LogP contribution in [0.1, 0.15) is 38.1 Å². The van der Waals surface area contributed by atoms with Gasteiger partial charge in [-0.05, 0) is 45.9 Å². The van der Waals surface area contributed by atoms with Crippen LogP contribution in [0.5, 0.6) is 11.5 Å². The summed E-state index contributed by atoms with van der Waals surface area (Å²) in [7, 11) is 0. The number of ether oxygens (including phenoxy) is 3. The van der Waals surface area contributed by atoms with Crippen LogP contribution in [0.25, 0.3) is 28.2 Å². The van der Waals surface area contributed by atoms with Crippen molar-refractivity contribution in [1.29, 1.82) is 0 Å². The van der Waals surface area contributed by atoms with Gasteiger partial charge >= 0.3 is 5.97 Å². The topological polar surface area (TPSA) is 95.2 Å². The van der Waals surface area contributed by atoms with Gasteiger partial charge in [0.25, 0.3) is 0 Å². The van der Waals surface area contributed by atoms with Crippen molar-refractivity contribution in [3.8, 4) is 34.0 Å². The Morgan fingerprint density at radius 2 is 1.74 bits per heavy atom. The normalized spacial score (nSPS) is 14.2. The average Bonchev–Trinajstić information content (AvgIpc) is 3.25. The van der Waals surface area contributed by atoms with E-state index in [1.807, 2.05) is 75.4 Å². The Balaban J connectivity index is 1.80. The fraction of sp³-hybridized carbons (Fsp3) is 0.296. The number of carbonyl (C=O) groups is 1. The van der Waals surface area contributed by atoms with E-state index in [0.29, 0.717) is 47.3 Å². The molecule has 2 aromatic carbocycles. The van der Waals surface area contributed by atoms with Gasteiger partial charge in [0.15, 0.2) is 23.3 Å². The molecule has 0 saturated carbocycles. The first-order valence-electron chi connectivity index (χ1n) is 11.5. The van der Waals surface area contributed by atoms with Crippen molar-refractivity contribution in [3.63, 3.8) is 0 Å². The molecule has 4 aromatic rings. The summed E-state index contributed by atoms with van der Waals surface area (Å²) in [6.45, 7) is 8.21. The molecule has 1 aliphatic heterocycles. The van der Waals surface area contributed by atoms with Crippen LogP contribution in [0.4, 0.5) is 0 Å². The summed E-state index contributed by atoms with van der Waals surface area (Å²) in [4.78, 5) is 17.2. The molecule has 1 unspecified atom stereocenters. The third kappa shape index (κ3) is 4.44. The van der Waals surface area contributed by atoms with Crippen molar-refractivity contribution in [2.45, 2.75) is 39.4 Å². The third-order valence-electron chi connectivity index (χ3n) is 5.67. The first-order chi connectivity index (χ1) is 16.7. The zero-order valence-electron chi connectivity index (χ0n) is 20.1. The lowest BCUT2D eigenvalue weighted by molar-refractivity contribution is -0.160. The van der Waals surface area contributed by atoms with E-state index < -0.39 is 17.7 Å². The second-order valence-electron chi connectivity index (χ2n) is 9.43. The minimum Gasteiger partial charge on any atom is -0.486 e. The standard InChI is InChI=1S/C27H27N3O5/c1-16-23(25(26(31)32)35-27(2,3)4)24(18-10-11-20-21(14-18)34-13-12-33-20)30-22(28-16)15-19(29-30)17-8-6-5-7-9-17/h5-11,14-15,25H,12-13H2,1-4H3,(H,31,32). The molecule has 0 spiro atoms. The maximum atomic E-state index is 12.5. The number of aromatic nitrogens is 3. The number of aliphatic carboxylic acids is 1. The molecule has 0 aliphatic carbocycles. The zero-order chi connectivity index (χ0) is 24.7. The SMILES string of the molecule is Cc1nc2cc(-c3ccccc3)nn2c(-c2ccc3c(c2)OCCO3)c1C(OC(C)(C)C)C(=O)O. The summed E-state index contributed by atoms with van der Waals surface area (Å²) >= 11 is 0. The summed E-state index contributed by atoms with van der Waals surface area (Å²) in [5.74, 6) is 0.148. The molecule has 1 atom stereocenters. The zero-order valence-corrected chi connectivity index (χ0v) is 20.1. The van der Waals surface area contributed by atoms with E-state index in [-0.39, 0.29) is 0 Å². The quantitative estimate of drug-likeness (QED) is 0.432. The molecular formula is C27H27N3O5. The van der Waals surface area contributed by atoms with Crippen molar-refractivity contribution in [2.24, 2.45) is 0 Å². The largest absolute Gasteiger partial charge is 0.486 e. The molecule has 0 fully saturated rings. The monoisotopic (exact) mass is 473 g/mol. The Kier molecular flexibility index (Phi) is 5.68. The van der Waals surface area contributed by atoms with Crippen LogP contribution >= 0.6 is 0 Å². The van der Waals surface area contributed by atoms with Crippen molar-refractivity contribution >= 4 is 11.6 Å². The second kappa shape index (κ2) is 8.70. The lowest BCUT2D eigenvalue weighted by atomic mass is 9.98. The van der Waals surface area contributed by atoms with E-state index in [1.54, 1.807) is 11.4 Å². The first kappa shape index (κ1) is 22.9. The molecule has 0 radical (unpaired) electrons. The van der Waals surface area contributed by atoms with Gasteiger partial charge < -0.3 is 19.3 Å². The molecule has 0 amide bonds. The van der Waals surface area contributed by atoms with Crippen molar-refractivity contribution in [3.05, 3.63) is 65.9 Å². The Hall–Kier alpha value is -3.91. The minimum atomic E-state index is -1.25. The highest BCUT2D eigenvalue weighted by Gasteiger charge is 2.33. The average molecular weight is 474 g/mol. The van der Waals surface area contributed by atoms with Gasteiger partial charge in [-0.2, -0.15) is 5.10 Å². The molecule has 1 N–H and O–H groups in total. The van der Waals surface area contributed by atoms with Crippen molar-refractivity contribution in [2.75, 3.05) is 13.2 Å². The first-order valence-corrected chi connectivity index (χ1v) is 11.5. The number of fused-ring (bicyclic) bond motifs is 2. The van der Waals surface area contributed by atoms with Crippen LogP contribution in [0.2, 0.25) is 0 Å². The van der Waals surface area contributed by atoms with E-state index in [0.717, 1.165) is 16.8 Å². The van der Waals surface area contributed by atoms with Crippen LogP contribution in [0.15, 0.2) is 54.6 Å². The Morgan fingerprint density at radius 3 is 2.43 bits per heavy atom. The molecule has 0 saturated heterocycles. The van der Waals surface area contributed by atoms with Crippen molar-refractivity contribution < 1.29 is 24.1 Å². The molecule has 8 nitrogen and oxygen atoms in total. The Morgan fingerprint density at radius 1 is 1.03 bits per heavy atom. The van der Waals surface area contributed by atoms with Gasteiger partial charge in [-0.1, -0.05) is 30.3 Å². The predicted octanol–water partition coefficient (Wildman–Crippen LogP) is 5.08. The summed E-state index contributed by atoms with van der Waals surface area (Å²) in [5, 5.41) is 15.1. The summed E-state index contributed by atoms with van der Waals surface area (Å²) in [5.41, 5.74) is 3.89. The van der Waals surface area contributed by atoms with Gasteiger partial charge in [0.1, 0.15) is 13.2 Å². The van der Waals surface area contributed by atoms with Crippen LogP contribution in [0.3, 0.4) is 0 Å². The van der Waals surface area contributed by atoms with Gasteiger partial charge in [0.05, 0.1) is 17.0 Å².